The fourth-order valence-electron chi connectivity index (χ4n) is 3.27. The van der Waals surface area contributed by atoms with Gasteiger partial charge in [0.25, 0.3) is 0 Å². The summed E-state index contributed by atoms with van der Waals surface area (Å²) in [6.07, 6.45) is 0.860. The third-order valence-electron chi connectivity index (χ3n) is 4.57. The first-order valence-corrected chi connectivity index (χ1v) is 8.09. The Morgan fingerprint density at radius 3 is 2.65 bits per heavy atom. The van der Waals surface area contributed by atoms with Gasteiger partial charge in [-0.2, -0.15) is 0 Å². The van der Waals surface area contributed by atoms with Crippen molar-refractivity contribution >= 4 is 17.7 Å². The fraction of sp³-hybridized carbons (Fsp3) is 0.316. The van der Waals surface area contributed by atoms with Crippen molar-refractivity contribution in [2.24, 2.45) is 11.1 Å². The number of rotatable bonds is 2. The summed E-state index contributed by atoms with van der Waals surface area (Å²) in [5, 5.41) is 0.719. The maximum Gasteiger partial charge on any atom is 0.405 e. The molecule has 0 heterocycles. The van der Waals surface area contributed by atoms with Gasteiger partial charge in [-0.1, -0.05) is 55.8 Å². The van der Waals surface area contributed by atoms with Crippen molar-refractivity contribution in [3.05, 3.63) is 58.6 Å². The lowest BCUT2D eigenvalue weighted by atomic mass is 9.71. The van der Waals surface area contributed by atoms with Crippen LogP contribution in [0.15, 0.2) is 42.5 Å². The highest BCUT2D eigenvalue weighted by atomic mass is 35.5. The van der Waals surface area contributed by atoms with E-state index in [0.29, 0.717) is 0 Å². The highest BCUT2D eigenvalue weighted by molar-refractivity contribution is 6.30. The molecule has 2 aromatic rings. The minimum atomic E-state index is -0.727. The van der Waals surface area contributed by atoms with Crippen LogP contribution in [0.5, 0.6) is 0 Å². The number of fused-ring (bicyclic) bond motifs is 1. The van der Waals surface area contributed by atoms with E-state index in [-0.39, 0.29) is 11.5 Å². The summed E-state index contributed by atoms with van der Waals surface area (Å²) in [5.74, 6) is 0. The summed E-state index contributed by atoms with van der Waals surface area (Å²) in [7, 11) is 0. The van der Waals surface area contributed by atoms with Crippen LogP contribution in [0, 0.1) is 5.41 Å². The van der Waals surface area contributed by atoms with Crippen LogP contribution >= 0.6 is 11.6 Å². The van der Waals surface area contributed by atoms with Gasteiger partial charge in [0.2, 0.25) is 0 Å². The molecule has 1 aliphatic rings. The summed E-state index contributed by atoms with van der Waals surface area (Å²) in [6.45, 7) is 4.21. The average molecular weight is 330 g/mol. The van der Waals surface area contributed by atoms with Gasteiger partial charge in [-0.05, 0) is 47.2 Å². The molecule has 0 bridgehead atoms. The lowest BCUT2D eigenvalue weighted by Gasteiger charge is -2.39. The molecule has 1 amide bonds. The smallest absolute Gasteiger partial charge is 0.405 e. The van der Waals surface area contributed by atoms with Gasteiger partial charge in [0.1, 0.15) is 6.10 Å². The zero-order chi connectivity index (χ0) is 16.6. The molecule has 1 atom stereocenters. The van der Waals surface area contributed by atoms with Crippen LogP contribution in [-0.4, -0.2) is 6.09 Å². The van der Waals surface area contributed by atoms with E-state index < -0.39 is 6.09 Å². The molecule has 120 valence electrons. The number of halogens is 1. The molecule has 0 saturated heterocycles. The lowest BCUT2D eigenvalue weighted by Crippen LogP contribution is -2.33. The van der Waals surface area contributed by atoms with Crippen molar-refractivity contribution in [2.75, 3.05) is 0 Å². The zero-order valence-electron chi connectivity index (χ0n) is 13.3. The number of amides is 1. The number of benzene rings is 2. The molecule has 23 heavy (non-hydrogen) atoms. The third kappa shape index (κ3) is 3.20. The second-order valence-corrected chi connectivity index (χ2v) is 7.17. The Hall–Kier alpha value is -2.00. The Morgan fingerprint density at radius 1 is 1.22 bits per heavy atom. The summed E-state index contributed by atoms with van der Waals surface area (Å²) >= 11 is 6.08. The van der Waals surface area contributed by atoms with Gasteiger partial charge in [0.05, 0.1) is 0 Å². The quantitative estimate of drug-likeness (QED) is 0.831. The first-order chi connectivity index (χ1) is 10.9. The first-order valence-electron chi connectivity index (χ1n) is 7.72. The SMILES string of the molecule is CC1(C)CCc2cc(-c3cccc(Cl)c3)ccc2C1OC(N)=O. The van der Waals surface area contributed by atoms with Crippen molar-refractivity contribution in [2.45, 2.75) is 32.8 Å². The highest BCUT2D eigenvalue weighted by Gasteiger charge is 2.38. The highest BCUT2D eigenvalue weighted by Crippen LogP contribution is 2.46. The van der Waals surface area contributed by atoms with E-state index in [2.05, 4.69) is 19.9 Å². The molecule has 0 radical (unpaired) electrons. The van der Waals surface area contributed by atoms with Crippen LogP contribution in [0.3, 0.4) is 0 Å². The normalized spacial score (nSPS) is 19.0. The number of primary amides is 1. The molecular weight excluding hydrogens is 310 g/mol. The zero-order valence-corrected chi connectivity index (χ0v) is 14.1. The first kappa shape index (κ1) is 15.9. The van der Waals surface area contributed by atoms with Gasteiger partial charge in [0, 0.05) is 10.4 Å². The van der Waals surface area contributed by atoms with Gasteiger partial charge in [-0.15, -0.1) is 0 Å². The molecule has 0 saturated carbocycles. The molecule has 2 N–H and O–H groups in total. The van der Waals surface area contributed by atoms with Crippen LogP contribution in [0.2, 0.25) is 5.02 Å². The molecule has 1 unspecified atom stereocenters. The molecule has 0 spiro atoms. The molecule has 4 heteroatoms. The number of aryl methyl sites for hydroxylation is 1. The molecule has 0 fully saturated rings. The van der Waals surface area contributed by atoms with Crippen LogP contribution in [0.4, 0.5) is 4.79 Å². The summed E-state index contributed by atoms with van der Waals surface area (Å²) in [4.78, 5) is 11.3. The van der Waals surface area contributed by atoms with Crippen molar-refractivity contribution in [3.8, 4) is 11.1 Å². The van der Waals surface area contributed by atoms with Gasteiger partial charge in [-0.25, -0.2) is 4.79 Å². The van der Waals surface area contributed by atoms with Crippen molar-refractivity contribution < 1.29 is 9.53 Å². The van der Waals surface area contributed by atoms with Crippen molar-refractivity contribution in [3.63, 3.8) is 0 Å². The monoisotopic (exact) mass is 329 g/mol. The Kier molecular flexibility index (Phi) is 4.07. The Morgan fingerprint density at radius 2 is 1.96 bits per heavy atom. The van der Waals surface area contributed by atoms with E-state index >= 15 is 0 Å². The molecule has 1 aliphatic carbocycles. The third-order valence-corrected chi connectivity index (χ3v) is 4.80. The number of ether oxygens (including phenoxy) is 1. The van der Waals surface area contributed by atoms with Gasteiger partial charge < -0.3 is 10.5 Å². The summed E-state index contributed by atoms with van der Waals surface area (Å²) in [6, 6.07) is 14.0. The topological polar surface area (TPSA) is 52.3 Å². The maximum absolute atomic E-state index is 11.3. The molecule has 0 aromatic heterocycles. The maximum atomic E-state index is 11.3. The Bertz CT molecular complexity index is 755. The largest absolute Gasteiger partial charge is 0.441 e. The predicted octanol–water partition coefficient (Wildman–Crippen LogP) is 5.12. The van der Waals surface area contributed by atoms with Crippen LogP contribution in [0.25, 0.3) is 11.1 Å². The average Bonchev–Trinajstić information content (AvgIpc) is 2.49. The summed E-state index contributed by atoms with van der Waals surface area (Å²) in [5.41, 5.74) is 9.58. The summed E-state index contributed by atoms with van der Waals surface area (Å²) < 4.78 is 5.42. The number of carbonyl (C=O) groups excluding carboxylic acids is 1. The second kappa shape index (κ2) is 5.89. The van der Waals surface area contributed by atoms with Crippen molar-refractivity contribution in [1.29, 1.82) is 0 Å². The number of hydrogen-bond donors (Lipinski definition) is 1. The number of carbonyl (C=O) groups is 1. The molecule has 3 nitrogen and oxygen atoms in total. The lowest BCUT2D eigenvalue weighted by molar-refractivity contribution is 0.0147. The molecule has 2 aromatic carbocycles. The van der Waals surface area contributed by atoms with Crippen LogP contribution in [-0.2, 0) is 11.2 Å². The van der Waals surface area contributed by atoms with Gasteiger partial charge in [0.15, 0.2) is 0 Å². The molecule has 3 rings (SSSR count). The number of nitrogens with two attached hydrogens (primary N) is 1. The van der Waals surface area contributed by atoms with E-state index in [1.165, 1.54) is 5.56 Å². The van der Waals surface area contributed by atoms with Gasteiger partial charge in [-0.3, -0.25) is 0 Å². The van der Waals surface area contributed by atoms with E-state index in [0.717, 1.165) is 34.6 Å². The Balaban J connectivity index is 2.02. The molecular formula is C19H20ClNO2. The predicted molar refractivity (Wildman–Crippen MR) is 92.4 cm³/mol. The minimum absolute atomic E-state index is 0.125. The second-order valence-electron chi connectivity index (χ2n) is 6.73. The van der Waals surface area contributed by atoms with E-state index in [4.69, 9.17) is 22.1 Å². The van der Waals surface area contributed by atoms with E-state index in [9.17, 15) is 4.79 Å². The minimum Gasteiger partial charge on any atom is -0.441 e. The number of hydrogen-bond acceptors (Lipinski definition) is 2. The molecule has 0 aliphatic heterocycles. The fourth-order valence-corrected chi connectivity index (χ4v) is 3.46. The van der Waals surface area contributed by atoms with Gasteiger partial charge >= 0.3 is 6.09 Å². The van der Waals surface area contributed by atoms with Crippen LogP contribution in [0.1, 0.15) is 37.5 Å². The Labute approximate surface area is 141 Å². The standard InChI is InChI=1S/C19H20ClNO2/c1-19(2)9-8-14-10-13(12-4-3-5-15(20)11-12)6-7-16(14)17(19)23-18(21)22/h3-7,10-11,17H,8-9H2,1-2H3,(H2,21,22). The van der Waals surface area contributed by atoms with E-state index in [1.807, 2.05) is 36.4 Å². The van der Waals surface area contributed by atoms with Crippen molar-refractivity contribution in [1.82, 2.24) is 0 Å². The van der Waals surface area contributed by atoms with Crippen LogP contribution < -0.4 is 5.73 Å². The van der Waals surface area contributed by atoms with E-state index in [1.54, 1.807) is 0 Å².